The number of aromatic nitrogens is 1. The quantitative estimate of drug-likeness (QED) is 0.643. The zero-order valence-electron chi connectivity index (χ0n) is 16.9. The smallest absolute Gasteiger partial charge is 0.265 e. The molecule has 1 fully saturated rings. The molecular weight excluding hydrogens is 401 g/mol. The lowest BCUT2D eigenvalue weighted by molar-refractivity contribution is -0.142. The van der Waals surface area contributed by atoms with E-state index in [0.717, 1.165) is 5.69 Å². The highest BCUT2D eigenvalue weighted by atomic mass is 19.1. The number of hydrogen-bond acceptors (Lipinski definition) is 6. The number of para-hydroxylation sites is 2. The lowest BCUT2D eigenvalue weighted by atomic mass is 10.1. The lowest BCUT2D eigenvalue weighted by Gasteiger charge is -2.38. The average molecular weight is 423 g/mol. The van der Waals surface area contributed by atoms with Crippen LogP contribution >= 0.6 is 0 Å². The van der Waals surface area contributed by atoms with E-state index in [1.54, 1.807) is 23.3 Å². The number of benzene rings is 2. The maximum Gasteiger partial charge on any atom is 0.265 e. The first-order valence-corrected chi connectivity index (χ1v) is 10.2. The molecule has 1 saturated heterocycles. The highest BCUT2D eigenvalue weighted by Crippen LogP contribution is 2.34. The van der Waals surface area contributed by atoms with Gasteiger partial charge in [0.1, 0.15) is 17.8 Å². The molecule has 0 radical (unpaired) electrons. The molecular formula is C23H22FN3O4. The number of amides is 1. The second-order valence-corrected chi connectivity index (χ2v) is 7.54. The molecule has 0 bridgehead atoms. The first-order valence-electron chi connectivity index (χ1n) is 10.2. The minimum atomic E-state index is -0.600. The molecule has 1 amide bonds. The first kappa shape index (κ1) is 19.6. The van der Waals surface area contributed by atoms with Gasteiger partial charge >= 0.3 is 0 Å². The van der Waals surface area contributed by atoms with Gasteiger partial charge in [0.2, 0.25) is 5.89 Å². The minimum Gasteiger partial charge on any atom is -0.477 e. The summed E-state index contributed by atoms with van der Waals surface area (Å²) in [4.78, 5) is 21.5. The number of carbonyl (C=O) groups is 1. The van der Waals surface area contributed by atoms with Gasteiger partial charge in [0.05, 0.1) is 37.7 Å². The second-order valence-electron chi connectivity index (χ2n) is 7.54. The van der Waals surface area contributed by atoms with Crippen LogP contribution in [0.25, 0.3) is 11.5 Å². The van der Waals surface area contributed by atoms with Crippen molar-refractivity contribution in [3.8, 4) is 17.2 Å². The number of morpholine rings is 1. The molecule has 2 aromatic carbocycles. The van der Waals surface area contributed by atoms with Crippen LogP contribution in [0.4, 0.5) is 10.1 Å². The molecule has 0 N–H and O–H groups in total. The number of hydrogen-bond donors (Lipinski definition) is 0. The predicted molar refractivity (Wildman–Crippen MR) is 111 cm³/mol. The van der Waals surface area contributed by atoms with Gasteiger partial charge in [-0.2, -0.15) is 0 Å². The Morgan fingerprint density at radius 3 is 2.68 bits per heavy atom. The number of halogens is 1. The van der Waals surface area contributed by atoms with Crippen molar-refractivity contribution in [2.24, 2.45) is 0 Å². The fourth-order valence-electron chi connectivity index (χ4n) is 3.87. The fourth-order valence-corrected chi connectivity index (χ4v) is 3.87. The maximum absolute atomic E-state index is 13.2. The van der Waals surface area contributed by atoms with E-state index in [-0.39, 0.29) is 11.7 Å². The van der Waals surface area contributed by atoms with Crippen molar-refractivity contribution in [1.82, 2.24) is 9.88 Å². The van der Waals surface area contributed by atoms with Crippen LogP contribution < -0.4 is 9.64 Å². The van der Waals surface area contributed by atoms with E-state index in [0.29, 0.717) is 62.3 Å². The van der Waals surface area contributed by atoms with Crippen LogP contribution in [-0.4, -0.2) is 54.7 Å². The van der Waals surface area contributed by atoms with Gasteiger partial charge in [0, 0.05) is 18.7 Å². The van der Waals surface area contributed by atoms with Crippen molar-refractivity contribution in [1.29, 1.82) is 0 Å². The number of oxazole rings is 1. The number of rotatable bonds is 4. The van der Waals surface area contributed by atoms with E-state index in [9.17, 15) is 9.18 Å². The molecule has 2 aliphatic rings. The van der Waals surface area contributed by atoms with E-state index >= 15 is 0 Å². The molecule has 5 rings (SSSR count). The van der Waals surface area contributed by atoms with Gasteiger partial charge in [0.15, 0.2) is 6.10 Å². The molecule has 160 valence electrons. The predicted octanol–water partition coefficient (Wildman–Crippen LogP) is 3.11. The summed E-state index contributed by atoms with van der Waals surface area (Å²) in [5.74, 6) is 0.756. The molecule has 1 atom stereocenters. The summed E-state index contributed by atoms with van der Waals surface area (Å²) >= 11 is 0. The van der Waals surface area contributed by atoms with E-state index in [2.05, 4.69) is 9.88 Å². The molecule has 31 heavy (non-hydrogen) atoms. The average Bonchev–Trinajstić information content (AvgIpc) is 3.28. The van der Waals surface area contributed by atoms with Crippen molar-refractivity contribution in [2.45, 2.75) is 12.6 Å². The molecule has 1 aromatic heterocycles. The van der Waals surface area contributed by atoms with Gasteiger partial charge in [-0.05, 0) is 36.4 Å². The van der Waals surface area contributed by atoms with Crippen molar-refractivity contribution < 1.29 is 23.1 Å². The fraction of sp³-hybridized carbons (Fsp3) is 0.304. The van der Waals surface area contributed by atoms with Crippen molar-refractivity contribution in [3.63, 3.8) is 0 Å². The molecule has 0 aliphatic carbocycles. The van der Waals surface area contributed by atoms with Crippen LogP contribution in [0, 0.1) is 5.82 Å². The van der Waals surface area contributed by atoms with Gasteiger partial charge < -0.3 is 23.7 Å². The van der Waals surface area contributed by atoms with Crippen LogP contribution in [0.1, 0.15) is 5.69 Å². The molecule has 1 unspecified atom stereocenters. The Kier molecular flexibility index (Phi) is 5.30. The van der Waals surface area contributed by atoms with Crippen molar-refractivity contribution >= 4 is 11.6 Å². The number of fused-ring (bicyclic) bond motifs is 1. The number of nitrogens with zero attached hydrogens (tertiary/aromatic N) is 3. The molecule has 3 heterocycles. The Labute approximate surface area is 179 Å². The van der Waals surface area contributed by atoms with E-state index in [4.69, 9.17) is 13.9 Å². The molecule has 2 aliphatic heterocycles. The van der Waals surface area contributed by atoms with Gasteiger partial charge in [-0.3, -0.25) is 4.79 Å². The third-order valence-corrected chi connectivity index (χ3v) is 5.46. The number of carbonyl (C=O) groups excluding carboxylic acids is 1. The third kappa shape index (κ3) is 4.11. The van der Waals surface area contributed by atoms with E-state index in [1.807, 2.05) is 24.3 Å². The summed E-state index contributed by atoms with van der Waals surface area (Å²) in [6.07, 6.45) is 0.992. The summed E-state index contributed by atoms with van der Waals surface area (Å²) in [6.45, 7) is 3.10. The lowest BCUT2D eigenvalue weighted by Crippen LogP contribution is -2.52. The largest absolute Gasteiger partial charge is 0.477 e. The second kappa shape index (κ2) is 8.39. The Bertz CT molecular complexity index is 1060. The van der Waals surface area contributed by atoms with Gasteiger partial charge in [-0.25, -0.2) is 9.37 Å². The van der Waals surface area contributed by atoms with E-state index in [1.165, 1.54) is 12.1 Å². The molecule has 0 saturated carbocycles. The Balaban J connectivity index is 1.36. The van der Waals surface area contributed by atoms with Crippen LogP contribution in [-0.2, 0) is 16.1 Å². The van der Waals surface area contributed by atoms with Crippen LogP contribution in [0.15, 0.2) is 59.2 Å². The molecule has 3 aromatic rings. The molecule has 7 nitrogen and oxygen atoms in total. The zero-order valence-corrected chi connectivity index (χ0v) is 16.9. The standard InChI is InChI=1S/C23H22FN3O4/c24-17-7-5-16(6-8-17)22-25-18(15-30-22)13-27-14-21(23(28)26-9-11-29-12-10-26)31-20-4-2-1-3-19(20)27/h1-8,15,21H,9-14H2. The van der Waals surface area contributed by atoms with Crippen molar-refractivity contribution in [3.05, 3.63) is 66.3 Å². The topological polar surface area (TPSA) is 68.0 Å². The van der Waals surface area contributed by atoms with Crippen molar-refractivity contribution in [2.75, 3.05) is 37.7 Å². The Morgan fingerprint density at radius 2 is 1.87 bits per heavy atom. The van der Waals surface area contributed by atoms with Gasteiger partial charge in [0.25, 0.3) is 5.91 Å². The summed E-state index contributed by atoms with van der Waals surface area (Å²) in [7, 11) is 0. The first-order chi connectivity index (χ1) is 15.2. The maximum atomic E-state index is 13.2. The minimum absolute atomic E-state index is 0.0324. The van der Waals surface area contributed by atoms with E-state index < -0.39 is 6.10 Å². The van der Waals surface area contributed by atoms with Gasteiger partial charge in [-0.1, -0.05) is 12.1 Å². The number of anilines is 1. The van der Waals surface area contributed by atoms with Crippen LogP contribution in [0.5, 0.6) is 5.75 Å². The zero-order chi connectivity index (χ0) is 21.2. The van der Waals surface area contributed by atoms with Gasteiger partial charge in [-0.15, -0.1) is 0 Å². The number of ether oxygens (including phenoxy) is 2. The summed E-state index contributed by atoms with van der Waals surface area (Å²) in [5.41, 5.74) is 2.32. The van der Waals surface area contributed by atoms with Crippen LogP contribution in [0.3, 0.4) is 0 Å². The highest BCUT2D eigenvalue weighted by molar-refractivity contribution is 5.83. The third-order valence-electron chi connectivity index (χ3n) is 5.46. The summed E-state index contributed by atoms with van der Waals surface area (Å²) in [6, 6.07) is 13.7. The monoisotopic (exact) mass is 423 g/mol. The van der Waals surface area contributed by atoms with Crippen LogP contribution in [0.2, 0.25) is 0 Å². The summed E-state index contributed by atoms with van der Waals surface area (Å²) in [5, 5.41) is 0. The Hall–Kier alpha value is -3.39. The molecule has 8 heteroatoms. The highest BCUT2D eigenvalue weighted by Gasteiger charge is 2.34. The SMILES string of the molecule is O=C(C1CN(Cc2coc(-c3ccc(F)cc3)n2)c2ccccc2O1)N1CCOCC1. The normalized spacial score (nSPS) is 18.4. The Morgan fingerprint density at radius 1 is 1.10 bits per heavy atom. The summed E-state index contributed by atoms with van der Waals surface area (Å²) < 4.78 is 30.2. The molecule has 0 spiro atoms.